The van der Waals surface area contributed by atoms with Gasteiger partial charge in [0.15, 0.2) is 11.8 Å². The van der Waals surface area contributed by atoms with Gasteiger partial charge in [0.25, 0.3) is 0 Å². The average Bonchev–Trinajstić information content (AvgIpc) is 2.95. The van der Waals surface area contributed by atoms with Crippen molar-refractivity contribution in [1.29, 1.82) is 0 Å². The maximum absolute atomic E-state index is 11.8. The number of aliphatic hydroxyl groups is 1. The van der Waals surface area contributed by atoms with E-state index >= 15 is 0 Å². The molecule has 27 heavy (non-hydrogen) atoms. The highest BCUT2D eigenvalue weighted by Gasteiger charge is 2.60. The van der Waals surface area contributed by atoms with Crippen LogP contribution in [0.1, 0.15) is 26.7 Å². The summed E-state index contributed by atoms with van der Waals surface area (Å²) >= 11 is 0. The normalized spacial score (nSPS) is 32.8. The summed E-state index contributed by atoms with van der Waals surface area (Å²) < 4.78 is 11.1. The molecule has 2 heterocycles. The predicted octanol–water partition coefficient (Wildman–Crippen LogP) is 1.54. The van der Waals surface area contributed by atoms with Crippen molar-refractivity contribution in [1.82, 2.24) is 5.32 Å². The minimum absolute atomic E-state index is 0.0251. The highest BCUT2D eigenvalue weighted by Crippen LogP contribution is 2.43. The Balaban J connectivity index is 1.93. The number of hydrogen-bond donors (Lipinski definition) is 2. The molecule has 2 bridgehead atoms. The summed E-state index contributed by atoms with van der Waals surface area (Å²) in [6.45, 7) is 7.26. The SMILES string of the molecule is CC(=O)O[C@H]1[C@H](C[Si](C)(C)c2ccccc2)[C@H]2CC[C@@](O)(N2)[C@H]1OC(C)=O. The fourth-order valence-corrected chi connectivity index (χ4v) is 7.68. The highest BCUT2D eigenvalue weighted by molar-refractivity contribution is 6.89. The average molecular weight is 392 g/mol. The second-order valence-electron chi connectivity index (χ2n) is 8.44. The fourth-order valence-electron chi connectivity index (χ4n) is 4.65. The Labute approximate surface area is 161 Å². The second-order valence-corrected chi connectivity index (χ2v) is 13.2. The van der Waals surface area contributed by atoms with Crippen LogP contribution < -0.4 is 10.5 Å². The fraction of sp³-hybridized carbons (Fsp3) is 0.600. The van der Waals surface area contributed by atoms with Crippen LogP contribution in [0.4, 0.5) is 0 Å². The van der Waals surface area contributed by atoms with Gasteiger partial charge in [-0.1, -0.05) is 48.6 Å². The van der Waals surface area contributed by atoms with Gasteiger partial charge in [0.05, 0.1) is 8.07 Å². The lowest BCUT2D eigenvalue weighted by molar-refractivity contribution is -0.210. The summed E-state index contributed by atoms with van der Waals surface area (Å²) in [5, 5.41) is 15.6. The third-order valence-corrected chi connectivity index (χ3v) is 9.26. The molecule has 148 valence electrons. The maximum atomic E-state index is 11.8. The van der Waals surface area contributed by atoms with Crippen LogP contribution >= 0.6 is 0 Å². The summed E-state index contributed by atoms with van der Waals surface area (Å²) in [5.41, 5.74) is -1.34. The Hall–Kier alpha value is -1.70. The number of benzene rings is 1. The van der Waals surface area contributed by atoms with E-state index in [0.29, 0.717) is 6.42 Å². The monoisotopic (exact) mass is 391 g/mol. The Morgan fingerprint density at radius 2 is 1.81 bits per heavy atom. The molecule has 1 aromatic rings. The van der Waals surface area contributed by atoms with E-state index in [1.54, 1.807) is 0 Å². The van der Waals surface area contributed by atoms with Crippen molar-refractivity contribution in [3.8, 4) is 0 Å². The van der Waals surface area contributed by atoms with E-state index in [-0.39, 0.29) is 12.0 Å². The number of esters is 2. The summed E-state index contributed by atoms with van der Waals surface area (Å²) in [7, 11) is -1.85. The van der Waals surface area contributed by atoms with Crippen LogP contribution in [0.15, 0.2) is 30.3 Å². The van der Waals surface area contributed by atoms with Crippen molar-refractivity contribution in [3.63, 3.8) is 0 Å². The summed E-state index contributed by atoms with van der Waals surface area (Å²) in [6, 6.07) is 11.3. The van der Waals surface area contributed by atoms with E-state index in [0.717, 1.165) is 12.5 Å². The highest BCUT2D eigenvalue weighted by atomic mass is 28.3. The van der Waals surface area contributed by atoms with Crippen molar-refractivity contribution in [2.75, 3.05) is 0 Å². The molecule has 2 fully saturated rings. The number of piperidine rings is 1. The van der Waals surface area contributed by atoms with Crippen LogP contribution in [0.2, 0.25) is 19.1 Å². The molecule has 0 spiro atoms. The number of rotatable bonds is 5. The van der Waals surface area contributed by atoms with Gasteiger partial charge in [0.1, 0.15) is 6.10 Å². The Morgan fingerprint density at radius 3 is 2.41 bits per heavy atom. The molecule has 0 aliphatic carbocycles. The molecular weight excluding hydrogens is 362 g/mol. The van der Waals surface area contributed by atoms with Gasteiger partial charge < -0.3 is 14.6 Å². The summed E-state index contributed by atoms with van der Waals surface area (Å²) in [6.07, 6.45) is -0.323. The van der Waals surface area contributed by atoms with Gasteiger partial charge >= 0.3 is 11.9 Å². The van der Waals surface area contributed by atoms with E-state index in [9.17, 15) is 14.7 Å². The van der Waals surface area contributed by atoms with Crippen LogP contribution in [-0.4, -0.2) is 49.1 Å². The molecule has 0 amide bonds. The van der Waals surface area contributed by atoms with Crippen molar-refractivity contribution >= 4 is 25.2 Å². The van der Waals surface area contributed by atoms with Crippen molar-refractivity contribution in [2.45, 2.75) is 69.8 Å². The van der Waals surface area contributed by atoms with Gasteiger partial charge in [-0.2, -0.15) is 0 Å². The molecule has 1 aromatic carbocycles. The van der Waals surface area contributed by atoms with Crippen LogP contribution in [0, 0.1) is 5.92 Å². The number of hydrogen-bond acceptors (Lipinski definition) is 6. The first kappa shape index (κ1) is 20.0. The Morgan fingerprint density at radius 1 is 1.19 bits per heavy atom. The molecular formula is C20H29NO5Si. The molecule has 5 atom stereocenters. The molecule has 6 nitrogen and oxygen atoms in total. The molecule has 0 saturated carbocycles. The molecule has 2 N–H and O–H groups in total. The molecule has 2 aliphatic rings. The lowest BCUT2D eigenvalue weighted by Crippen LogP contribution is -2.68. The van der Waals surface area contributed by atoms with Gasteiger partial charge in [0, 0.05) is 25.8 Å². The number of carbonyl (C=O) groups excluding carboxylic acids is 2. The van der Waals surface area contributed by atoms with E-state index < -0.39 is 37.9 Å². The lowest BCUT2D eigenvalue weighted by atomic mass is 9.86. The van der Waals surface area contributed by atoms with Crippen LogP contribution in [0.3, 0.4) is 0 Å². The van der Waals surface area contributed by atoms with E-state index in [1.165, 1.54) is 19.0 Å². The molecule has 0 aromatic heterocycles. The summed E-state index contributed by atoms with van der Waals surface area (Å²) in [4.78, 5) is 23.5. The van der Waals surface area contributed by atoms with E-state index in [2.05, 4.69) is 30.5 Å². The van der Waals surface area contributed by atoms with Gasteiger partial charge in [-0.25, -0.2) is 0 Å². The van der Waals surface area contributed by atoms with Crippen molar-refractivity contribution in [3.05, 3.63) is 30.3 Å². The summed E-state index contributed by atoms with van der Waals surface area (Å²) in [5.74, 6) is -0.940. The molecule has 2 aliphatic heterocycles. The van der Waals surface area contributed by atoms with Gasteiger partial charge in [-0.3, -0.25) is 14.9 Å². The van der Waals surface area contributed by atoms with Gasteiger partial charge in [-0.15, -0.1) is 0 Å². The van der Waals surface area contributed by atoms with Gasteiger partial charge in [-0.05, 0) is 18.9 Å². The van der Waals surface area contributed by atoms with Crippen molar-refractivity contribution in [2.24, 2.45) is 5.92 Å². The number of nitrogens with one attached hydrogen (secondary N) is 1. The molecule has 3 rings (SSSR count). The van der Waals surface area contributed by atoms with Crippen molar-refractivity contribution < 1.29 is 24.2 Å². The third-order valence-electron chi connectivity index (χ3n) is 5.88. The van der Waals surface area contributed by atoms with E-state index in [1.807, 2.05) is 18.2 Å². The smallest absolute Gasteiger partial charge is 0.303 e. The Bertz CT molecular complexity index is 710. The predicted molar refractivity (Wildman–Crippen MR) is 104 cm³/mol. The lowest BCUT2D eigenvalue weighted by Gasteiger charge is -2.47. The minimum atomic E-state index is -1.85. The standard InChI is InChI=1S/C20H29NO5Si/c1-13(22)25-18-16(12-27(3,4)15-8-6-5-7-9-15)17-10-11-20(24,21-17)19(18)26-14(2)23/h5-9,16-19,21,24H,10-12H2,1-4H3/t16-,17-,18+,19+,20+/m1/s1. The largest absolute Gasteiger partial charge is 0.458 e. The second kappa shape index (κ2) is 7.37. The first-order valence-corrected chi connectivity index (χ1v) is 12.7. The molecule has 0 radical (unpaired) electrons. The van der Waals surface area contributed by atoms with Gasteiger partial charge in [0.2, 0.25) is 0 Å². The number of ether oxygens (including phenoxy) is 2. The number of carbonyl (C=O) groups is 2. The maximum Gasteiger partial charge on any atom is 0.303 e. The quantitative estimate of drug-likeness (QED) is 0.585. The van der Waals surface area contributed by atoms with E-state index in [4.69, 9.17) is 9.47 Å². The molecule has 0 unspecified atom stereocenters. The zero-order valence-corrected chi connectivity index (χ0v) is 17.4. The zero-order valence-electron chi connectivity index (χ0n) is 16.4. The first-order valence-electron chi connectivity index (χ1n) is 9.52. The molecule has 2 saturated heterocycles. The minimum Gasteiger partial charge on any atom is -0.458 e. The zero-order chi connectivity index (χ0) is 19.8. The number of fused-ring (bicyclic) bond motifs is 2. The topological polar surface area (TPSA) is 84.9 Å². The van der Waals surface area contributed by atoms with Crippen LogP contribution in [0.5, 0.6) is 0 Å². The Kier molecular flexibility index (Phi) is 5.47. The van der Waals surface area contributed by atoms with Crippen LogP contribution in [-0.2, 0) is 19.1 Å². The third kappa shape index (κ3) is 4.10. The first-order chi connectivity index (χ1) is 12.6. The van der Waals surface area contributed by atoms with Crippen LogP contribution in [0.25, 0.3) is 0 Å². The molecule has 7 heteroatoms.